The first-order chi connectivity index (χ1) is 9.11. The summed E-state index contributed by atoms with van der Waals surface area (Å²) >= 11 is 12.9. The summed E-state index contributed by atoms with van der Waals surface area (Å²) in [6, 6.07) is 0. The van der Waals surface area contributed by atoms with E-state index < -0.39 is 0 Å². The lowest BCUT2D eigenvalue weighted by Gasteiger charge is -2.05. The SMILES string of the molecule is CCn1c(C)c(CCNC)c2c1=C(Cl)C=CCC=2Cl. The molecule has 0 fully saturated rings. The highest BCUT2D eigenvalue weighted by atomic mass is 35.5. The number of aromatic nitrogens is 1. The minimum atomic E-state index is 0.754. The van der Waals surface area contributed by atoms with Crippen molar-refractivity contribution in [3.8, 4) is 0 Å². The zero-order chi connectivity index (χ0) is 14.0. The summed E-state index contributed by atoms with van der Waals surface area (Å²) in [6.07, 6.45) is 5.72. The molecule has 1 aromatic heterocycles. The van der Waals surface area contributed by atoms with Crippen LogP contribution in [-0.2, 0) is 13.0 Å². The summed E-state index contributed by atoms with van der Waals surface area (Å²) in [5, 5.41) is 7.10. The lowest BCUT2D eigenvalue weighted by molar-refractivity contribution is 0.711. The van der Waals surface area contributed by atoms with Gasteiger partial charge in [-0.3, -0.25) is 0 Å². The van der Waals surface area contributed by atoms with Gasteiger partial charge >= 0.3 is 0 Å². The van der Waals surface area contributed by atoms with Gasteiger partial charge in [-0.05, 0) is 45.5 Å². The Kier molecular flexibility index (Phi) is 4.77. The normalized spacial score (nSPS) is 14.8. The Hall–Kier alpha value is -0.700. The molecule has 19 heavy (non-hydrogen) atoms. The highest BCUT2D eigenvalue weighted by Gasteiger charge is 2.15. The van der Waals surface area contributed by atoms with E-state index in [9.17, 15) is 0 Å². The van der Waals surface area contributed by atoms with Crippen LogP contribution in [0.15, 0.2) is 12.2 Å². The average molecular weight is 299 g/mol. The van der Waals surface area contributed by atoms with Crippen LogP contribution in [0.25, 0.3) is 10.1 Å². The van der Waals surface area contributed by atoms with E-state index in [-0.39, 0.29) is 0 Å². The Morgan fingerprint density at radius 2 is 2.11 bits per heavy atom. The van der Waals surface area contributed by atoms with Crippen LogP contribution in [0.2, 0.25) is 0 Å². The predicted molar refractivity (Wildman–Crippen MR) is 84.0 cm³/mol. The monoisotopic (exact) mass is 298 g/mol. The summed E-state index contributed by atoms with van der Waals surface area (Å²) in [5.74, 6) is 0. The molecular weight excluding hydrogens is 279 g/mol. The van der Waals surface area contributed by atoms with E-state index in [0.29, 0.717) is 0 Å². The van der Waals surface area contributed by atoms with Gasteiger partial charge in [0, 0.05) is 28.9 Å². The van der Waals surface area contributed by atoms with Crippen LogP contribution in [-0.4, -0.2) is 18.2 Å². The quantitative estimate of drug-likeness (QED) is 0.902. The zero-order valence-corrected chi connectivity index (χ0v) is 13.2. The van der Waals surface area contributed by atoms with Crippen LogP contribution in [0.4, 0.5) is 0 Å². The summed E-state index contributed by atoms with van der Waals surface area (Å²) in [4.78, 5) is 0. The molecule has 0 bridgehead atoms. The lowest BCUT2D eigenvalue weighted by Crippen LogP contribution is -2.32. The molecule has 0 aliphatic heterocycles. The molecular formula is C15H20Cl2N2. The predicted octanol–water partition coefficient (Wildman–Crippen LogP) is 2.23. The molecule has 0 saturated heterocycles. The average Bonchev–Trinajstić information content (AvgIpc) is 2.59. The fraction of sp³-hybridized carbons (Fsp3) is 0.467. The number of hydrogen-bond donors (Lipinski definition) is 1. The second-order valence-corrected chi connectivity index (χ2v) is 5.61. The fourth-order valence-electron chi connectivity index (χ4n) is 2.73. The number of likely N-dealkylation sites (N-methyl/N-ethyl adjacent to an activating group) is 1. The third-order valence-corrected chi connectivity index (χ3v) is 4.30. The van der Waals surface area contributed by atoms with Gasteiger partial charge in [-0.25, -0.2) is 0 Å². The molecule has 1 heterocycles. The number of hydrogen-bond acceptors (Lipinski definition) is 1. The summed E-state index contributed by atoms with van der Waals surface area (Å²) < 4.78 is 2.26. The van der Waals surface area contributed by atoms with Crippen molar-refractivity contribution in [1.29, 1.82) is 0 Å². The minimum Gasteiger partial charge on any atom is -0.344 e. The van der Waals surface area contributed by atoms with Crippen molar-refractivity contribution in [2.24, 2.45) is 0 Å². The van der Waals surface area contributed by atoms with Crippen LogP contribution >= 0.6 is 23.2 Å². The minimum absolute atomic E-state index is 0.754. The highest BCUT2D eigenvalue weighted by molar-refractivity contribution is 6.48. The van der Waals surface area contributed by atoms with Crippen molar-refractivity contribution in [2.45, 2.75) is 33.2 Å². The first-order valence-electron chi connectivity index (χ1n) is 6.69. The summed E-state index contributed by atoms with van der Waals surface area (Å²) in [7, 11) is 1.97. The number of allylic oxidation sites excluding steroid dienone is 2. The van der Waals surface area contributed by atoms with E-state index in [0.717, 1.165) is 46.6 Å². The maximum absolute atomic E-state index is 6.50. The third-order valence-electron chi connectivity index (χ3n) is 3.65. The maximum Gasteiger partial charge on any atom is 0.0686 e. The van der Waals surface area contributed by atoms with Gasteiger partial charge in [0.15, 0.2) is 0 Å². The number of nitrogens with zero attached hydrogens (tertiary/aromatic N) is 1. The van der Waals surface area contributed by atoms with Crippen molar-refractivity contribution >= 4 is 33.3 Å². The maximum atomic E-state index is 6.50. The van der Waals surface area contributed by atoms with E-state index in [1.54, 1.807) is 0 Å². The van der Waals surface area contributed by atoms with Gasteiger partial charge in [0.2, 0.25) is 0 Å². The smallest absolute Gasteiger partial charge is 0.0686 e. The Bertz CT molecular complexity index is 624. The first kappa shape index (κ1) is 14.7. The highest BCUT2D eigenvalue weighted by Crippen LogP contribution is 2.16. The molecule has 0 radical (unpaired) electrons. The number of rotatable bonds is 4. The zero-order valence-electron chi connectivity index (χ0n) is 11.7. The van der Waals surface area contributed by atoms with Crippen molar-refractivity contribution < 1.29 is 0 Å². The molecule has 0 saturated carbocycles. The molecule has 1 aliphatic rings. The summed E-state index contributed by atoms with van der Waals surface area (Å²) in [5.41, 5.74) is 2.59. The summed E-state index contributed by atoms with van der Waals surface area (Å²) in [6.45, 7) is 6.14. The lowest BCUT2D eigenvalue weighted by atomic mass is 10.1. The van der Waals surface area contributed by atoms with Gasteiger partial charge in [0.1, 0.15) is 0 Å². The molecule has 2 rings (SSSR count). The molecule has 2 nitrogen and oxygen atoms in total. The Morgan fingerprint density at radius 1 is 1.37 bits per heavy atom. The fourth-order valence-corrected chi connectivity index (χ4v) is 3.31. The molecule has 0 unspecified atom stereocenters. The molecule has 0 aromatic carbocycles. The van der Waals surface area contributed by atoms with E-state index in [4.69, 9.17) is 23.2 Å². The van der Waals surface area contributed by atoms with Crippen molar-refractivity contribution in [1.82, 2.24) is 9.88 Å². The first-order valence-corrected chi connectivity index (χ1v) is 7.45. The van der Waals surface area contributed by atoms with Crippen molar-refractivity contribution in [3.63, 3.8) is 0 Å². The molecule has 4 heteroatoms. The topological polar surface area (TPSA) is 17.0 Å². The van der Waals surface area contributed by atoms with E-state index >= 15 is 0 Å². The molecule has 0 amide bonds. The number of halogens is 2. The van der Waals surface area contributed by atoms with Crippen molar-refractivity contribution in [2.75, 3.05) is 13.6 Å². The van der Waals surface area contributed by atoms with Crippen LogP contribution < -0.4 is 15.9 Å². The third kappa shape index (κ3) is 2.62. The molecule has 1 aliphatic carbocycles. The van der Waals surface area contributed by atoms with Gasteiger partial charge in [-0.15, -0.1) is 0 Å². The van der Waals surface area contributed by atoms with Gasteiger partial charge in [0.25, 0.3) is 0 Å². The van der Waals surface area contributed by atoms with Gasteiger partial charge in [-0.2, -0.15) is 0 Å². The standard InChI is InChI=1S/C15H20Cl2N2/c1-4-19-10(2)11(8-9-18-3)14-12(16)6-5-7-13(17)15(14)19/h5,7,18H,4,6,8-9H2,1-3H3. The van der Waals surface area contributed by atoms with Crippen LogP contribution in [0.5, 0.6) is 0 Å². The van der Waals surface area contributed by atoms with Gasteiger partial charge in [-0.1, -0.05) is 29.3 Å². The van der Waals surface area contributed by atoms with Gasteiger partial charge < -0.3 is 9.88 Å². The molecule has 1 N–H and O–H groups in total. The second-order valence-electron chi connectivity index (χ2n) is 4.74. The Morgan fingerprint density at radius 3 is 2.74 bits per heavy atom. The number of fused-ring (bicyclic) bond motifs is 1. The second kappa shape index (κ2) is 6.17. The molecule has 104 valence electrons. The van der Waals surface area contributed by atoms with E-state index in [2.05, 4.69) is 23.7 Å². The van der Waals surface area contributed by atoms with Crippen LogP contribution in [0.1, 0.15) is 24.6 Å². The molecule has 0 atom stereocenters. The van der Waals surface area contributed by atoms with Gasteiger partial charge in [0.05, 0.1) is 10.4 Å². The van der Waals surface area contributed by atoms with Crippen molar-refractivity contribution in [3.05, 3.63) is 34.0 Å². The number of nitrogens with one attached hydrogen (secondary N) is 1. The van der Waals surface area contributed by atoms with Crippen LogP contribution in [0, 0.1) is 6.92 Å². The largest absolute Gasteiger partial charge is 0.344 e. The Labute approximate surface area is 124 Å². The van der Waals surface area contributed by atoms with Crippen LogP contribution in [0.3, 0.4) is 0 Å². The molecule has 1 aromatic rings. The molecule has 0 spiro atoms. The van der Waals surface area contributed by atoms with E-state index in [1.165, 1.54) is 11.3 Å². The Balaban J connectivity index is 2.84. The van der Waals surface area contributed by atoms with E-state index in [1.807, 2.05) is 19.2 Å².